The molecule has 0 saturated heterocycles. The first-order chi connectivity index (χ1) is 8.99. The number of sulfonamides is 1. The van der Waals surface area contributed by atoms with E-state index < -0.39 is 16.0 Å². The Morgan fingerprint density at radius 3 is 2.53 bits per heavy atom. The van der Waals surface area contributed by atoms with Gasteiger partial charge in [-0.25, -0.2) is 13.1 Å². The summed E-state index contributed by atoms with van der Waals surface area (Å²) in [6, 6.07) is 9.08. The summed E-state index contributed by atoms with van der Waals surface area (Å²) < 4.78 is 25.5. The van der Waals surface area contributed by atoms with Crippen LogP contribution >= 0.6 is 0 Å². The van der Waals surface area contributed by atoms with Crippen LogP contribution in [0.15, 0.2) is 35.7 Å². The Labute approximate surface area is 113 Å². The van der Waals surface area contributed by atoms with E-state index in [1.165, 1.54) is 6.08 Å². The third-order valence-electron chi connectivity index (χ3n) is 2.35. The fourth-order valence-corrected chi connectivity index (χ4v) is 2.25. The molecule has 1 aromatic rings. The minimum atomic E-state index is -3.47. The summed E-state index contributed by atoms with van der Waals surface area (Å²) in [4.78, 5) is 10.2. The van der Waals surface area contributed by atoms with Gasteiger partial charge >= 0.3 is 0 Å². The lowest BCUT2D eigenvalue weighted by Gasteiger charge is -2.03. The Balaban J connectivity index is 2.36. The van der Waals surface area contributed by atoms with Gasteiger partial charge in [-0.1, -0.05) is 30.3 Å². The zero-order valence-corrected chi connectivity index (χ0v) is 11.2. The van der Waals surface area contributed by atoms with Gasteiger partial charge in [0.1, 0.15) is 0 Å². The number of benzene rings is 1. The maximum atomic E-state index is 11.6. The third-order valence-corrected chi connectivity index (χ3v) is 3.45. The predicted octanol–water partition coefficient (Wildman–Crippen LogP) is 0.497. The number of carbonyl (C=O) groups is 1. The van der Waals surface area contributed by atoms with Crippen molar-refractivity contribution in [2.75, 3.05) is 6.54 Å². The van der Waals surface area contributed by atoms with Gasteiger partial charge in [-0.2, -0.15) is 0 Å². The van der Waals surface area contributed by atoms with Crippen LogP contribution in [0, 0.1) is 0 Å². The van der Waals surface area contributed by atoms with Crippen molar-refractivity contribution in [2.24, 2.45) is 0 Å². The molecule has 0 spiro atoms. The lowest BCUT2D eigenvalue weighted by molar-refractivity contribution is -0.305. The zero-order valence-electron chi connectivity index (χ0n) is 10.4. The van der Waals surface area contributed by atoms with Crippen LogP contribution in [0.1, 0.15) is 24.8 Å². The fourth-order valence-electron chi connectivity index (χ4n) is 1.39. The van der Waals surface area contributed by atoms with Crippen LogP contribution in [0.2, 0.25) is 0 Å². The van der Waals surface area contributed by atoms with Crippen molar-refractivity contribution >= 4 is 22.1 Å². The molecule has 0 heterocycles. The van der Waals surface area contributed by atoms with Crippen molar-refractivity contribution in [3.8, 4) is 0 Å². The summed E-state index contributed by atoms with van der Waals surface area (Å²) in [6.07, 6.45) is 2.31. The van der Waals surface area contributed by atoms with E-state index in [1.54, 1.807) is 12.1 Å². The van der Waals surface area contributed by atoms with Crippen LogP contribution in [0.25, 0.3) is 6.08 Å². The number of unbranched alkanes of at least 4 members (excludes halogenated alkanes) is 1. The standard InChI is InChI=1S/C13H17NO4S/c15-13(16)8-4-5-10-14-19(17,18)11-9-12-6-2-1-3-7-12/h1-3,6-7,9,11,14H,4-5,8,10H2,(H,15,16)/p-1/b11-9+. The number of hydrogen-bond donors (Lipinski definition) is 1. The van der Waals surface area contributed by atoms with E-state index in [2.05, 4.69) is 4.72 Å². The van der Waals surface area contributed by atoms with Crippen molar-refractivity contribution < 1.29 is 18.3 Å². The molecule has 19 heavy (non-hydrogen) atoms. The normalized spacial score (nSPS) is 11.8. The van der Waals surface area contributed by atoms with Crippen molar-refractivity contribution in [2.45, 2.75) is 19.3 Å². The first-order valence-electron chi connectivity index (χ1n) is 5.92. The van der Waals surface area contributed by atoms with Crippen LogP contribution in [-0.2, 0) is 14.8 Å². The lowest BCUT2D eigenvalue weighted by atomic mass is 10.2. The molecule has 5 nitrogen and oxygen atoms in total. The summed E-state index contributed by atoms with van der Waals surface area (Å²) in [6.45, 7) is 0.217. The molecule has 0 saturated carbocycles. The summed E-state index contributed by atoms with van der Waals surface area (Å²) in [5, 5.41) is 11.3. The molecular weight excluding hydrogens is 266 g/mol. The third kappa shape index (κ3) is 7.38. The highest BCUT2D eigenvalue weighted by molar-refractivity contribution is 7.92. The average Bonchev–Trinajstić information content (AvgIpc) is 2.37. The highest BCUT2D eigenvalue weighted by Crippen LogP contribution is 2.03. The molecule has 1 rings (SSSR count). The van der Waals surface area contributed by atoms with E-state index >= 15 is 0 Å². The molecule has 6 heteroatoms. The fraction of sp³-hybridized carbons (Fsp3) is 0.308. The van der Waals surface area contributed by atoms with Gasteiger partial charge in [-0.3, -0.25) is 0 Å². The Morgan fingerprint density at radius 2 is 1.89 bits per heavy atom. The van der Waals surface area contributed by atoms with Crippen molar-refractivity contribution in [3.63, 3.8) is 0 Å². The topological polar surface area (TPSA) is 86.3 Å². The van der Waals surface area contributed by atoms with Gasteiger partial charge in [-0.05, 0) is 30.9 Å². The highest BCUT2D eigenvalue weighted by atomic mass is 32.2. The van der Waals surface area contributed by atoms with Gasteiger partial charge in [0.2, 0.25) is 10.0 Å². The van der Waals surface area contributed by atoms with Gasteiger partial charge in [0.15, 0.2) is 0 Å². The predicted molar refractivity (Wildman–Crippen MR) is 71.3 cm³/mol. The summed E-state index contributed by atoms with van der Waals surface area (Å²) >= 11 is 0. The van der Waals surface area contributed by atoms with Crippen LogP contribution in [0.4, 0.5) is 0 Å². The van der Waals surface area contributed by atoms with Crippen molar-refractivity contribution in [1.82, 2.24) is 4.72 Å². The van der Waals surface area contributed by atoms with Crippen LogP contribution in [-0.4, -0.2) is 20.9 Å². The monoisotopic (exact) mass is 282 g/mol. The summed E-state index contributed by atoms with van der Waals surface area (Å²) in [5.74, 6) is -1.12. The second kappa shape index (κ2) is 7.70. The second-order valence-corrected chi connectivity index (χ2v) is 5.63. The number of carbonyl (C=O) groups excluding carboxylic acids is 1. The van der Waals surface area contributed by atoms with E-state index in [0.717, 1.165) is 11.0 Å². The molecule has 0 aliphatic heterocycles. The molecule has 0 aliphatic rings. The van der Waals surface area contributed by atoms with Crippen molar-refractivity contribution in [3.05, 3.63) is 41.3 Å². The van der Waals surface area contributed by atoms with Gasteiger partial charge < -0.3 is 9.90 Å². The molecule has 104 valence electrons. The number of hydrogen-bond acceptors (Lipinski definition) is 4. The first-order valence-corrected chi connectivity index (χ1v) is 7.47. The average molecular weight is 282 g/mol. The Hall–Kier alpha value is -1.66. The number of carboxylic acids is 1. The molecule has 0 bridgehead atoms. The molecule has 0 aliphatic carbocycles. The molecule has 0 atom stereocenters. The van der Waals surface area contributed by atoms with Crippen LogP contribution in [0.5, 0.6) is 0 Å². The van der Waals surface area contributed by atoms with E-state index in [9.17, 15) is 18.3 Å². The van der Waals surface area contributed by atoms with E-state index in [4.69, 9.17) is 0 Å². The number of carboxylic acid groups (broad SMARTS) is 1. The van der Waals surface area contributed by atoms with Gasteiger partial charge in [0, 0.05) is 17.9 Å². The minimum Gasteiger partial charge on any atom is -0.550 e. The second-order valence-electron chi connectivity index (χ2n) is 3.98. The molecular formula is C13H16NO4S-. The Morgan fingerprint density at radius 1 is 1.21 bits per heavy atom. The van der Waals surface area contributed by atoms with Gasteiger partial charge in [-0.15, -0.1) is 0 Å². The van der Waals surface area contributed by atoms with Gasteiger partial charge in [0.25, 0.3) is 0 Å². The SMILES string of the molecule is O=C([O-])CCCCNS(=O)(=O)/C=C/c1ccccc1. The van der Waals surface area contributed by atoms with Crippen LogP contribution in [0.3, 0.4) is 0 Å². The molecule has 1 N–H and O–H groups in total. The van der Waals surface area contributed by atoms with E-state index in [1.807, 2.05) is 18.2 Å². The maximum Gasteiger partial charge on any atom is 0.233 e. The van der Waals surface area contributed by atoms with Crippen LogP contribution < -0.4 is 9.83 Å². The van der Waals surface area contributed by atoms with E-state index in [0.29, 0.717) is 12.8 Å². The Kier molecular flexibility index (Phi) is 6.24. The smallest absolute Gasteiger partial charge is 0.233 e. The summed E-state index contributed by atoms with van der Waals surface area (Å²) in [7, 11) is -3.47. The lowest BCUT2D eigenvalue weighted by Crippen LogP contribution is -2.24. The minimum absolute atomic E-state index is 0.0540. The molecule has 0 amide bonds. The summed E-state index contributed by atoms with van der Waals surface area (Å²) in [5.41, 5.74) is 0.796. The molecule has 0 aromatic heterocycles. The van der Waals surface area contributed by atoms with E-state index in [-0.39, 0.29) is 13.0 Å². The molecule has 0 unspecified atom stereocenters. The van der Waals surface area contributed by atoms with Crippen molar-refractivity contribution in [1.29, 1.82) is 0 Å². The Bertz CT molecular complexity index is 523. The first kappa shape index (κ1) is 15.4. The highest BCUT2D eigenvalue weighted by Gasteiger charge is 2.03. The van der Waals surface area contributed by atoms with Gasteiger partial charge in [0.05, 0.1) is 0 Å². The maximum absolute atomic E-state index is 11.6. The number of rotatable bonds is 8. The zero-order chi connectivity index (χ0) is 14.1. The molecule has 0 fully saturated rings. The number of aliphatic carboxylic acids is 1. The number of nitrogens with one attached hydrogen (secondary N) is 1. The largest absolute Gasteiger partial charge is 0.550 e. The quantitative estimate of drug-likeness (QED) is 0.703. The molecule has 0 radical (unpaired) electrons. The molecule has 1 aromatic carbocycles.